The van der Waals surface area contributed by atoms with Gasteiger partial charge in [-0.15, -0.1) is 11.3 Å². The van der Waals surface area contributed by atoms with Gasteiger partial charge in [-0.25, -0.2) is 4.98 Å². The van der Waals surface area contributed by atoms with Crippen molar-refractivity contribution in [1.29, 1.82) is 0 Å². The molecule has 1 unspecified atom stereocenters. The van der Waals surface area contributed by atoms with Crippen LogP contribution in [0.5, 0.6) is 0 Å². The normalized spacial score (nSPS) is 12.6. The van der Waals surface area contributed by atoms with Crippen molar-refractivity contribution in [2.45, 2.75) is 45.7 Å². The van der Waals surface area contributed by atoms with Crippen LogP contribution in [-0.2, 0) is 16.8 Å². The molecule has 1 atom stereocenters. The lowest BCUT2D eigenvalue weighted by molar-refractivity contribution is -0.132. The molecule has 0 radical (unpaired) electrons. The number of hydrogen-bond acceptors (Lipinski definition) is 4. The minimum atomic E-state index is -0.621. The summed E-state index contributed by atoms with van der Waals surface area (Å²) in [5, 5.41) is 3.67. The first-order valence-electron chi connectivity index (χ1n) is 9.66. The third kappa shape index (κ3) is 5.01. The van der Waals surface area contributed by atoms with Gasteiger partial charge in [0.15, 0.2) is 0 Å². The number of carbonyl (C=O) groups excluding carboxylic acids is 2. The summed E-state index contributed by atoms with van der Waals surface area (Å²) >= 11 is 1.58. The number of fused-ring (bicyclic) bond motifs is 1. The SMILES string of the molecule is CC(NC(=O)c1ccc(C(C)(C)C)cc1)C(=O)N(C)Cc1nc2ccccc2s1. The number of para-hydroxylation sites is 1. The van der Waals surface area contributed by atoms with Crippen LogP contribution in [0.2, 0.25) is 0 Å². The molecule has 1 aromatic heterocycles. The Balaban J connectivity index is 1.60. The summed E-state index contributed by atoms with van der Waals surface area (Å²) < 4.78 is 1.10. The van der Waals surface area contributed by atoms with E-state index >= 15 is 0 Å². The molecule has 0 saturated heterocycles. The number of rotatable bonds is 5. The zero-order valence-corrected chi connectivity index (χ0v) is 18.3. The molecule has 29 heavy (non-hydrogen) atoms. The fourth-order valence-corrected chi connectivity index (χ4v) is 4.08. The third-order valence-corrected chi connectivity index (χ3v) is 5.84. The number of benzene rings is 2. The van der Waals surface area contributed by atoms with Gasteiger partial charge in [0.25, 0.3) is 5.91 Å². The highest BCUT2D eigenvalue weighted by molar-refractivity contribution is 7.18. The van der Waals surface area contributed by atoms with Crippen LogP contribution in [0, 0.1) is 0 Å². The smallest absolute Gasteiger partial charge is 0.251 e. The quantitative estimate of drug-likeness (QED) is 0.681. The Morgan fingerprint density at radius 1 is 1.10 bits per heavy atom. The van der Waals surface area contributed by atoms with Gasteiger partial charge < -0.3 is 10.2 Å². The Hall–Kier alpha value is -2.73. The summed E-state index contributed by atoms with van der Waals surface area (Å²) in [6.07, 6.45) is 0. The van der Waals surface area contributed by atoms with Crippen molar-refractivity contribution in [1.82, 2.24) is 15.2 Å². The number of aromatic nitrogens is 1. The van der Waals surface area contributed by atoms with Crippen molar-refractivity contribution in [3.63, 3.8) is 0 Å². The Morgan fingerprint density at radius 2 is 1.76 bits per heavy atom. The van der Waals surface area contributed by atoms with Gasteiger partial charge in [0.1, 0.15) is 11.0 Å². The second-order valence-corrected chi connectivity index (χ2v) is 9.41. The maximum absolute atomic E-state index is 12.7. The molecule has 0 aliphatic heterocycles. The van der Waals surface area contributed by atoms with E-state index in [1.807, 2.05) is 36.4 Å². The van der Waals surface area contributed by atoms with E-state index in [2.05, 4.69) is 31.1 Å². The predicted octanol–water partition coefficient (Wildman–Crippen LogP) is 4.37. The minimum Gasteiger partial charge on any atom is -0.341 e. The molecule has 1 N–H and O–H groups in total. The second-order valence-electron chi connectivity index (χ2n) is 8.29. The van der Waals surface area contributed by atoms with Crippen molar-refractivity contribution in [2.24, 2.45) is 0 Å². The van der Waals surface area contributed by atoms with E-state index in [4.69, 9.17) is 0 Å². The summed E-state index contributed by atoms with van der Waals surface area (Å²) in [4.78, 5) is 31.4. The Labute approximate surface area is 175 Å². The first-order valence-corrected chi connectivity index (χ1v) is 10.5. The fraction of sp³-hybridized carbons (Fsp3) is 0.348. The number of hydrogen-bond donors (Lipinski definition) is 1. The summed E-state index contributed by atoms with van der Waals surface area (Å²) in [7, 11) is 1.73. The van der Waals surface area contributed by atoms with Gasteiger partial charge in [0.05, 0.1) is 16.8 Å². The number of nitrogens with one attached hydrogen (secondary N) is 1. The maximum Gasteiger partial charge on any atom is 0.251 e. The molecule has 5 nitrogen and oxygen atoms in total. The van der Waals surface area contributed by atoms with E-state index in [0.717, 1.165) is 20.8 Å². The van der Waals surface area contributed by atoms with Gasteiger partial charge in [-0.05, 0) is 42.2 Å². The van der Waals surface area contributed by atoms with Crippen LogP contribution >= 0.6 is 11.3 Å². The number of likely N-dealkylation sites (N-methyl/N-ethyl adjacent to an activating group) is 1. The van der Waals surface area contributed by atoms with Crippen molar-refractivity contribution < 1.29 is 9.59 Å². The number of nitrogens with zero attached hydrogens (tertiary/aromatic N) is 2. The molecule has 0 aliphatic carbocycles. The van der Waals surface area contributed by atoms with E-state index in [9.17, 15) is 9.59 Å². The Bertz CT molecular complexity index is 986. The minimum absolute atomic E-state index is 0.0294. The van der Waals surface area contributed by atoms with E-state index in [1.165, 1.54) is 0 Å². The van der Waals surface area contributed by atoms with Crippen LogP contribution in [0.1, 0.15) is 48.6 Å². The van der Waals surface area contributed by atoms with Crippen molar-refractivity contribution in [2.75, 3.05) is 7.05 Å². The van der Waals surface area contributed by atoms with Crippen molar-refractivity contribution >= 4 is 33.4 Å². The molecule has 1 heterocycles. The molecule has 0 bridgehead atoms. The van der Waals surface area contributed by atoms with Gasteiger partial charge in [0, 0.05) is 12.6 Å². The molecule has 2 amide bonds. The molecule has 3 rings (SSSR count). The first-order chi connectivity index (χ1) is 13.6. The van der Waals surface area contributed by atoms with Crippen LogP contribution in [-0.4, -0.2) is 34.8 Å². The summed E-state index contributed by atoms with van der Waals surface area (Å²) in [5.41, 5.74) is 2.68. The molecule has 6 heteroatoms. The lowest BCUT2D eigenvalue weighted by atomic mass is 9.86. The lowest BCUT2D eigenvalue weighted by Crippen LogP contribution is -2.45. The van der Waals surface area contributed by atoms with E-state index in [0.29, 0.717) is 12.1 Å². The van der Waals surface area contributed by atoms with Gasteiger partial charge in [-0.3, -0.25) is 9.59 Å². The van der Waals surface area contributed by atoms with Gasteiger partial charge in [-0.2, -0.15) is 0 Å². The molecule has 3 aromatic rings. The van der Waals surface area contributed by atoms with Crippen LogP contribution in [0.25, 0.3) is 10.2 Å². The topological polar surface area (TPSA) is 62.3 Å². The highest BCUT2D eigenvalue weighted by Gasteiger charge is 2.21. The fourth-order valence-electron chi connectivity index (χ4n) is 3.06. The van der Waals surface area contributed by atoms with Gasteiger partial charge in [-0.1, -0.05) is 45.0 Å². The number of amides is 2. The van der Waals surface area contributed by atoms with Crippen LogP contribution in [0.4, 0.5) is 0 Å². The lowest BCUT2D eigenvalue weighted by Gasteiger charge is -2.22. The van der Waals surface area contributed by atoms with E-state index in [1.54, 1.807) is 42.3 Å². The summed E-state index contributed by atoms with van der Waals surface area (Å²) in [5.74, 6) is -0.399. The molecule has 0 fully saturated rings. The third-order valence-electron chi connectivity index (χ3n) is 4.82. The van der Waals surface area contributed by atoms with Crippen LogP contribution in [0.15, 0.2) is 48.5 Å². The van der Waals surface area contributed by atoms with Gasteiger partial charge in [0.2, 0.25) is 5.91 Å². The first kappa shape index (κ1) is 21.0. The largest absolute Gasteiger partial charge is 0.341 e. The Kier molecular flexibility index (Phi) is 6.03. The molecule has 2 aromatic carbocycles. The van der Waals surface area contributed by atoms with Crippen molar-refractivity contribution in [3.05, 3.63) is 64.7 Å². The Morgan fingerprint density at radius 3 is 2.38 bits per heavy atom. The van der Waals surface area contributed by atoms with Crippen LogP contribution < -0.4 is 5.32 Å². The number of thiazole rings is 1. The number of carbonyl (C=O) groups is 2. The second kappa shape index (κ2) is 8.33. The maximum atomic E-state index is 12.7. The van der Waals surface area contributed by atoms with Crippen LogP contribution in [0.3, 0.4) is 0 Å². The highest BCUT2D eigenvalue weighted by atomic mass is 32.1. The molecule has 0 aliphatic rings. The summed E-state index contributed by atoms with van der Waals surface area (Å²) in [6.45, 7) is 8.51. The molecule has 152 valence electrons. The predicted molar refractivity (Wildman–Crippen MR) is 118 cm³/mol. The standard InChI is InChI=1S/C23H27N3O2S/c1-15(24-21(27)16-10-12-17(13-11-16)23(2,3)4)22(28)26(5)14-20-25-18-8-6-7-9-19(18)29-20/h6-13,15H,14H2,1-5H3,(H,24,27). The summed E-state index contributed by atoms with van der Waals surface area (Å²) in [6, 6.07) is 14.8. The zero-order chi connectivity index (χ0) is 21.2. The van der Waals surface area contributed by atoms with E-state index in [-0.39, 0.29) is 17.2 Å². The van der Waals surface area contributed by atoms with E-state index < -0.39 is 6.04 Å². The average molecular weight is 410 g/mol. The monoisotopic (exact) mass is 409 g/mol. The molecule has 0 saturated carbocycles. The van der Waals surface area contributed by atoms with Crippen molar-refractivity contribution in [3.8, 4) is 0 Å². The molecular weight excluding hydrogens is 382 g/mol. The zero-order valence-electron chi connectivity index (χ0n) is 17.5. The average Bonchev–Trinajstić information content (AvgIpc) is 3.08. The molecular formula is C23H27N3O2S. The van der Waals surface area contributed by atoms with Gasteiger partial charge >= 0.3 is 0 Å². The highest BCUT2D eigenvalue weighted by Crippen LogP contribution is 2.23. The molecule has 0 spiro atoms.